The van der Waals surface area contributed by atoms with Crippen LogP contribution in [0, 0.1) is 5.92 Å². The summed E-state index contributed by atoms with van der Waals surface area (Å²) >= 11 is 0. The fourth-order valence-corrected chi connectivity index (χ4v) is 2.95. The van der Waals surface area contributed by atoms with E-state index in [1.165, 1.54) is 19.3 Å². The summed E-state index contributed by atoms with van der Waals surface area (Å²) in [5.74, 6) is 0.899. The van der Waals surface area contributed by atoms with Gasteiger partial charge in [-0.1, -0.05) is 6.92 Å². The molecule has 2 aliphatic rings. The third kappa shape index (κ3) is 2.62. The summed E-state index contributed by atoms with van der Waals surface area (Å²) in [7, 11) is 0. The third-order valence-electron chi connectivity index (χ3n) is 4.33. The van der Waals surface area contributed by atoms with Crippen LogP contribution < -0.4 is 5.73 Å². The SMILES string of the molecule is CC1CCCN(C(=O)c2cc(N)cn2C2CC2)CC1. The highest BCUT2D eigenvalue weighted by molar-refractivity contribution is 5.94. The second-order valence-corrected chi connectivity index (χ2v) is 6.13. The predicted octanol–water partition coefficient (Wildman–Crippen LogP) is 2.67. The fraction of sp³-hybridized carbons (Fsp3) is 0.667. The van der Waals surface area contributed by atoms with Gasteiger partial charge >= 0.3 is 0 Å². The van der Waals surface area contributed by atoms with Crippen molar-refractivity contribution in [3.05, 3.63) is 18.0 Å². The Morgan fingerprint density at radius 3 is 2.79 bits per heavy atom. The monoisotopic (exact) mass is 261 g/mol. The number of anilines is 1. The topological polar surface area (TPSA) is 51.3 Å². The molecule has 0 spiro atoms. The van der Waals surface area contributed by atoms with Crippen molar-refractivity contribution in [2.45, 2.75) is 45.1 Å². The molecule has 4 nitrogen and oxygen atoms in total. The van der Waals surface area contributed by atoms with E-state index in [0.717, 1.165) is 37.5 Å². The van der Waals surface area contributed by atoms with Crippen LogP contribution in [0.15, 0.2) is 12.3 Å². The molecule has 1 aliphatic carbocycles. The number of nitrogens with zero attached hydrogens (tertiary/aromatic N) is 2. The van der Waals surface area contributed by atoms with Crippen LogP contribution in [-0.4, -0.2) is 28.5 Å². The lowest BCUT2D eigenvalue weighted by molar-refractivity contribution is 0.0749. The van der Waals surface area contributed by atoms with Crippen LogP contribution >= 0.6 is 0 Å². The Bertz CT molecular complexity index is 476. The zero-order chi connectivity index (χ0) is 13.4. The molecule has 1 unspecified atom stereocenters. The predicted molar refractivity (Wildman–Crippen MR) is 76.0 cm³/mol. The van der Waals surface area contributed by atoms with Crippen LogP contribution in [0.4, 0.5) is 5.69 Å². The number of carbonyl (C=O) groups excluding carboxylic acids is 1. The maximum Gasteiger partial charge on any atom is 0.270 e. The average molecular weight is 261 g/mol. The van der Waals surface area contributed by atoms with E-state index in [1.807, 2.05) is 17.2 Å². The molecular formula is C15H23N3O. The van der Waals surface area contributed by atoms with Crippen LogP contribution in [0.1, 0.15) is 55.6 Å². The van der Waals surface area contributed by atoms with Gasteiger partial charge in [-0.25, -0.2) is 0 Å². The Balaban J connectivity index is 1.79. The van der Waals surface area contributed by atoms with Gasteiger partial charge in [0, 0.05) is 25.3 Å². The van der Waals surface area contributed by atoms with E-state index in [0.29, 0.717) is 11.7 Å². The minimum absolute atomic E-state index is 0.165. The molecule has 1 saturated carbocycles. The number of likely N-dealkylation sites (tertiary alicyclic amines) is 1. The molecule has 19 heavy (non-hydrogen) atoms. The van der Waals surface area contributed by atoms with E-state index in [9.17, 15) is 4.79 Å². The van der Waals surface area contributed by atoms with Crippen LogP contribution in [0.25, 0.3) is 0 Å². The maximum absolute atomic E-state index is 12.7. The van der Waals surface area contributed by atoms with Crippen LogP contribution in [0.5, 0.6) is 0 Å². The zero-order valence-corrected chi connectivity index (χ0v) is 11.6. The lowest BCUT2D eigenvalue weighted by Crippen LogP contribution is -2.33. The van der Waals surface area contributed by atoms with Crippen molar-refractivity contribution in [1.29, 1.82) is 0 Å². The summed E-state index contributed by atoms with van der Waals surface area (Å²) in [5, 5.41) is 0. The van der Waals surface area contributed by atoms with Crippen LogP contribution in [0.3, 0.4) is 0 Å². The van der Waals surface area contributed by atoms with Gasteiger partial charge in [0.25, 0.3) is 5.91 Å². The van der Waals surface area contributed by atoms with Gasteiger partial charge in [0.1, 0.15) is 5.69 Å². The molecule has 1 aliphatic heterocycles. The average Bonchev–Trinajstić information content (AvgIpc) is 3.17. The Kier molecular flexibility index (Phi) is 3.25. The number of amides is 1. The molecule has 1 aromatic rings. The second-order valence-electron chi connectivity index (χ2n) is 6.13. The summed E-state index contributed by atoms with van der Waals surface area (Å²) < 4.78 is 2.09. The number of carbonyl (C=O) groups is 1. The van der Waals surface area contributed by atoms with E-state index >= 15 is 0 Å². The Hall–Kier alpha value is -1.45. The third-order valence-corrected chi connectivity index (χ3v) is 4.33. The molecule has 0 bridgehead atoms. The molecule has 3 rings (SSSR count). The van der Waals surface area contributed by atoms with Crippen molar-refractivity contribution < 1.29 is 4.79 Å². The number of nitrogens with two attached hydrogens (primary N) is 1. The Morgan fingerprint density at radius 1 is 1.26 bits per heavy atom. The molecule has 1 aromatic heterocycles. The number of hydrogen-bond acceptors (Lipinski definition) is 2. The first kappa shape index (κ1) is 12.6. The van der Waals surface area contributed by atoms with Crippen molar-refractivity contribution in [3.8, 4) is 0 Å². The molecule has 0 aromatic carbocycles. The maximum atomic E-state index is 12.7. The van der Waals surface area contributed by atoms with Gasteiger partial charge in [-0.3, -0.25) is 4.79 Å². The quantitative estimate of drug-likeness (QED) is 0.889. The first-order chi connectivity index (χ1) is 9.15. The van der Waals surface area contributed by atoms with Crippen molar-refractivity contribution >= 4 is 11.6 Å². The highest BCUT2D eigenvalue weighted by Crippen LogP contribution is 2.37. The largest absolute Gasteiger partial charge is 0.397 e. The summed E-state index contributed by atoms with van der Waals surface area (Å²) in [4.78, 5) is 14.7. The Labute approximate surface area is 114 Å². The zero-order valence-electron chi connectivity index (χ0n) is 11.6. The minimum atomic E-state index is 0.165. The van der Waals surface area contributed by atoms with E-state index in [2.05, 4.69) is 11.5 Å². The molecule has 1 saturated heterocycles. The first-order valence-corrected chi connectivity index (χ1v) is 7.42. The van der Waals surface area contributed by atoms with Gasteiger partial charge in [-0.15, -0.1) is 0 Å². The van der Waals surface area contributed by atoms with Gasteiger partial charge in [0.05, 0.1) is 5.69 Å². The van der Waals surface area contributed by atoms with Crippen molar-refractivity contribution in [3.63, 3.8) is 0 Å². The number of rotatable bonds is 2. The number of nitrogen functional groups attached to an aromatic ring is 1. The molecule has 0 radical (unpaired) electrons. The summed E-state index contributed by atoms with van der Waals surface area (Å²) in [6.45, 7) is 4.05. The number of aromatic nitrogens is 1. The van der Waals surface area contributed by atoms with Crippen molar-refractivity contribution in [1.82, 2.24) is 9.47 Å². The smallest absolute Gasteiger partial charge is 0.270 e. The van der Waals surface area contributed by atoms with Gasteiger partial charge in [-0.2, -0.15) is 0 Å². The summed E-state index contributed by atoms with van der Waals surface area (Å²) in [6.07, 6.45) is 7.73. The van der Waals surface area contributed by atoms with Crippen molar-refractivity contribution in [2.75, 3.05) is 18.8 Å². The van der Waals surface area contributed by atoms with Crippen molar-refractivity contribution in [2.24, 2.45) is 5.92 Å². The van der Waals surface area contributed by atoms with E-state index in [1.54, 1.807) is 0 Å². The summed E-state index contributed by atoms with van der Waals surface area (Å²) in [5.41, 5.74) is 7.37. The lowest BCUT2D eigenvalue weighted by Gasteiger charge is -2.21. The standard InChI is InChI=1S/C15H23N3O/c1-11-3-2-7-17(8-6-11)15(19)14-9-12(16)10-18(14)13-4-5-13/h9-11,13H,2-8,16H2,1H3. The lowest BCUT2D eigenvalue weighted by atomic mass is 10.0. The second kappa shape index (κ2) is 4.91. The van der Waals surface area contributed by atoms with Crippen LogP contribution in [-0.2, 0) is 0 Å². The normalized spacial score (nSPS) is 24.3. The molecule has 4 heteroatoms. The fourth-order valence-electron chi connectivity index (χ4n) is 2.95. The van der Waals surface area contributed by atoms with E-state index < -0.39 is 0 Å². The highest BCUT2D eigenvalue weighted by Gasteiger charge is 2.30. The van der Waals surface area contributed by atoms with E-state index in [-0.39, 0.29) is 5.91 Å². The minimum Gasteiger partial charge on any atom is -0.397 e. The molecule has 1 atom stereocenters. The van der Waals surface area contributed by atoms with Gasteiger partial charge < -0.3 is 15.2 Å². The van der Waals surface area contributed by atoms with Gasteiger partial charge in [0.2, 0.25) is 0 Å². The first-order valence-electron chi connectivity index (χ1n) is 7.42. The Morgan fingerprint density at radius 2 is 2.05 bits per heavy atom. The molecule has 2 N–H and O–H groups in total. The molecule has 2 fully saturated rings. The van der Waals surface area contributed by atoms with Gasteiger partial charge in [0.15, 0.2) is 0 Å². The molecule has 104 valence electrons. The highest BCUT2D eigenvalue weighted by atomic mass is 16.2. The molecule has 1 amide bonds. The molecular weight excluding hydrogens is 238 g/mol. The molecule has 2 heterocycles. The van der Waals surface area contributed by atoms with Crippen LogP contribution in [0.2, 0.25) is 0 Å². The van der Waals surface area contributed by atoms with Gasteiger partial charge in [-0.05, 0) is 44.1 Å². The van der Waals surface area contributed by atoms with E-state index in [4.69, 9.17) is 5.73 Å². The summed E-state index contributed by atoms with van der Waals surface area (Å²) in [6, 6.07) is 2.34. The number of hydrogen-bond donors (Lipinski definition) is 1.